The van der Waals surface area contributed by atoms with E-state index in [9.17, 15) is 0 Å². The van der Waals surface area contributed by atoms with Crippen LogP contribution in [0, 0.1) is 0 Å². The Bertz CT molecular complexity index is 3560. The van der Waals surface area contributed by atoms with Crippen LogP contribution in [0.25, 0.3) is 120 Å². The van der Waals surface area contributed by atoms with E-state index in [2.05, 4.69) is 146 Å². The summed E-state index contributed by atoms with van der Waals surface area (Å²) in [7, 11) is 0. The van der Waals surface area contributed by atoms with Crippen LogP contribution in [0.5, 0.6) is 0 Å². The molecule has 0 spiro atoms. The molecule has 12 rings (SSSR count). The highest BCUT2D eigenvalue weighted by Gasteiger charge is 2.19. The molecule has 58 heavy (non-hydrogen) atoms. The minimum atomic E-state index is 0.629. The molecule has 0 aliphatic carbocycles. The van der Waals surface area contributed by atoms with E-state index in [4.69, 9.17) is 24.4 Å². The molecular weight excluding hydrogens is 729 g/mol. The maximum absolute atomic E-state index is 6.51. The van der Waals surface area contributed by atoms with Crippen molar-refractivity contribution in [2.75, 3.05) is 0 Å². The first kappa shape index (κ1) is 32.7. The molecule has 5 nitrogen and oxygen atoms in total. The minimum absolute atomic E-state index is 0.629. The molecular formula is C52H30N4OS. The Morgan fingerprint density at radius 3 is 1.69 bits per heavy atom. The van der Waals surface area contributed by atoms with E-state index in [0.29, 0.717) is 17.5 Å². The Morgan fingerprint density at radius 2 is 0.897 bits per heavy atom. The molecule has 0 unspecified atom stereocenters. The molecule has 4 heterocycles. The number of furan rings is 1. The molecule has 4 aromatic heterocycles. The van der Waals surface area contributed by atoms with Crippen molar-refractivity contribution < 1.29 is 4.42 Å². The first-order chi connectivity index (χ1) is 28.7. The Kier molecular flexibility index (Phi) is 7.33. The van der Waals surface area contributed by atoms with Gasteiger partial charge in [0.05, 0.1) is 11.2 Å². The van der Waals surface area contributed by atoms with Crippen molar-refractivity contribution in [3.8, 4) is 56.5 Å². The lowest BCUT2D eigenvalue weighted by Crippen LogP contribution is -2.00. The normalized spacial score (nSPS) is 11.8. The summed E-state index contributed by atoms with van der Waals surface area (Å²) in [6.07, 6.45) is 0. The highest BCUT2D eigenvalue weighted by atomic mass is 32.1. The van der Waals surface area contributed by atoms with Gasteiger partial charge in [0.25, 0.3) is 0 Å². The number of hydrogen-bond donors (Lipinski definition) is 0. The SMILES string of the molecule is c1ccc(-c2nc(-c3ccc(-c4ccc5oc6ccc7c(-c8ccccc8)nc8ccccc8c7c6c5c4)cc3)nc(-c3ccc4c(c3)sc3ccccc34)n2)cc1. The summed E-state index contributed by atoms with van der Waals surface area (Å²) in [5, 5.41) is 8.05. The van der Waals surface area contributed by atoms with Crippen LogP contribution >= 0.6 is 11.3 Å². The first-order valence-corrected chi connectivity index (χ1v) is 20.1. The second-order valence-electron chi connectivity index (χ2n) is 14.6. The van der Waals surface area contributed by atoms with E-state index in [-0.39, 0.29) is 0 Å². The number of fused-ring (bicyclic) bond motifs is 10. The fourth-order valence-corrected chi connectivity index (χ4v) is 9.48. The van der Waals surface area contributed by atoms with Crippen molar-refractivity contribution in [2.24, 2.45) is 0 Å². The van der Waals surface area contributed by atoms with Gasteiger partial charge in [-0.25, -0.2) is 19.9 Å². The summed E-state index contributed by atoms with van der Waals surface area (Å²) in [5.41, 5.74) is 9.73. The molecule has 0 aliphatic heterocycles. The van der Waals surface area contributed by atoms with Crippen molar-refractivity contribution in [1.82, 2.24) is 19.9 Å². The second-order valence-corrected chi connectivity index (χ2v) is 15.7. The third-order valence-electron chi connectivity index (χ3n) is 11.1. The first-order valence-electron chi connectivity index (χ1n) is 19.3. The summed E-state index contributed by atoms with van der Waals surface area (Å²) < 4.78 is 9.00. The van der Waals surface area contributed by atoms with Crippen LogP contribution in [0.4, 0.5) is 0 Å². The number of pyridine rings is 1. The van der Waals surface area contributed by atoms with Crippen LogP contribution in [-0.4, -0.2) is 19.9 Å². The molecule has 12 aromatic rings. The van der Waals surface area contributed by atoms with Gasteiger partial charge in [-0.05, 0) is 53.6 Å². The lowest BCUT2D eigenvalue weighted by atomic mass is 9.95. The summed E-state index contributed by atoms with van der Waals surface area (Å²) >= 11 is 1.79. The van der Waals surface area contributed by atoms with Gasteiger partial charge in [-0.2, -0.15) is 0 Å². The maximum Gasteiger partial charge on any atom is 0.164 e. The van der Waals surface area contributed by atoms with Crippen molar-refractivity contribution in [3.05, 3.63) is 182 Å². The average Bonchev–Trinajstić information content (AvgIpc) is 3.87. The topological polar surface area (TPSA) is 64.7 Å². The van der Waals surface area contributed by atoms with Gasteiger partial charge < -0.3 is 4.42 Å². The largest absolute Gasteiger partial charge is 0.456 e. The molecule has 0 amide bonds. The third-order valence-corrected chi connectivity index (χ3v) is 12.3. The van der Waals surface area contributed by atoms with Crippen LogP contribution in [-0.2, 0) is 0 Å². The van der Waals surface area contributed by atoms with E-state index in [1.54, 1.807) is 11.3 Å². The van der Waals surface area contributed by atoms with Gasteiger partial charge in [0.1, 0.15) is 11.2 Å². The van der Waals surface area contributed by atoms with E-state index < -0.39 is 0 Å². The van der Waals surface area contributed by atoms with E-state index in [1.165, 1.54) is 20.2 Å². The van der Waals surface area contributed by atoms with Crippen LogP contribution in [0.3, 0.4) is 0 Å². The second kappa shape index (κ2) is 13.0. The van der Waals surface area contributed by atoms with E-state index in [0.717, 1.165) is 82.7 Å². The molecule has 0 saturated heterocycles. The van der Waals surface area contributed by atoms with Crippen molar-refractivity contribution in [1.29, 1.82) is 0 Å². The highest BCUT2D eigenvalue weighted by Crippen LogP contribution is 2.42. The number of para-hydroxylation sites is 1. The lowest BCUT2D eigenvalue weighted by Gasteiger charge is -2.11. The fraction of sp³-hybridized carbons (Fsp3) is 0. The standard InChI is InChI=1S/C52H30N4OS/c1-3-11-32(12-4-1)49-40-26-28-44-48(47(40)39-16-7-9-17-42(39)53-49)41-29-35(24-27-43(41)57-44)31-19-21-34(22-20-31)51-54-50(33-13-5-2-6-14-33)55-52(56-51)36-23-25-38-37-15-8-10-18-45(37)58-46(38)30-36/h1-30H. The number of benzene rings is 8. The molecule has 0 aliphatic rings. The Morgan fingerprint density at radius 1 is 0.328 bits per heavy atom. The number of rotatable bonds is 5. The summed E-state index contributed by atoms with van der Waals surface area (Å²) in [5.74, 6) is 1.92. The summed E-state index contributed by atoms with van der Waals surface area (Å²) in [6.45, 7) is 0. The number of hydrogen-bond acceptors (Lipinski definition) is 6. The molecule has 6 heteroatoms. The zero-order valence-corrected chi connectivity index (χ0v) is 31.7. The van der Waals surface area contributed by atoms with Crippen molar-refractivity contribution >= 4 is 75.1 Å². The minimum Gasteiger partial charge on any atom is -0.456 e. The quantitative estimate of drug-likeness (QED) is 0.164. The Labute approximate surface area is 336 Å². The smallest absolute Gasteiger partial charge is 0.164 e. The van der Waals surface area contributed by atoms with Gasteiger partial charge >= 0.3 is 0 Å². The van der Waals surface area contributed by atoms with Gasteiger partial charge in [-0.15, -0.1) is 11.3 Å². The van der Waals surface area contributed by atoms with Crippen molar-refractivity contribution in [2.45, 2.75) is 0 Å². The van der Waals surface area contributed by atoms with Crippen LogP contribution in [0.15, 0.2) is 186 Å². The zero-order valence-electron chi connectivity index (χ0n) is 30.9. The molecule has 0 N–H and O–H groups in total. The van der Waals surface area contributed by atoms with Crippen molar-refractivity contribution in [3.63, 3.8) is 0 Å². The monoisotopic (exact) mass is 758 g/mol. The summed E-state index contributed by atoms with van der Waals surface area (Å²) in [4.78, 5) is 20.3. The Hall–Kier alpha value is -7.54. The molecule has 0 fully saturated rings. The van der Waals surface area contributed by atoms with Crippen LogP contribution < -0.4 is 0 Å². The zero-order chi connectivity index (χ0) is 38.2. The molecule has 0 radical (unpaired) electrons. The highest BCUT2D eigenvalue weighted by molar-refractivity contribution is 7.25. The Balaban J connectivity index is 0.977. The molecule has 0 bridgehead atoms. The van der Waals surface area contributed by atoms with Gasteiger partial charge in [0, 0.05) is 69.4 Å². The number of nitrogens with zero attached hydrogens (tertiary/aromatic N) is 4. The number of thiophene rings is 1. The van der Waals surface area contributed by atoms with Gasteiger partial charge in [-0.1, -0.05) is 140 Å². The van der Waals surface area contributed by atoms with Crippen LogP contribution in [0.2, 0.25) is 0 Å². The third kappa shape index (κ3) is 5.30. The van der Waals surface area contributed by atoms with Crippen LogP contribution in [0.1, 0.15) is 0 Å². The predicted molar refractivity (Wildman–Crippen MR) is 240 cm³/mol. The van der Waals surface area contributed by atoms with E-state index >= 15 is 0 Å². The maximum atomic E-state index is 6.51. The van der Waals surface area contributed by atoms with E-state index in [1.807, 2.05) is 36.4 Å². The number of aromatic nitrogens is 4. The molecule has 270 valence electrons. The molecule has 8 aromatic carbocycles. The molecule has 0 saturated carbocycles. The summed E-state index contributed by atoms with van der Waals surface area (Å²) in [6, 6.07) is 63.3. The predicted octanol–water partition coefficient (Wildman–Crippen LogP) is 14.2. The van der Waals surface area contributed by atoms with Gasteiger partial charge in [0.2, 0.25) is 0 Å². The molecule has 0 atom stereocenters. The fourth-order valence-electron chi connectivity index (χ4n) is 8.33. The van der Waals surface area contributed by atoms with Gasteiger partial charge in [0.15, 0.2) is 17.5 Å². The lowest BCUT2D eigenvalue weighted by molar-refractivity contribution is 0.669. The average molecular weight is 759 g/mol. The van der Waals surface area contributed by atoms with Gasteiger partial charge in [-0.3, -0.25) is 0 Å².